The Bertz CT molecular complexity index is 1060. The third-order valence-corrected chi connectivity index (χ3v) is 4.78. The average Bonchev–Trinajstić information content (AvgIpc) is 2.87. The molecule has 2 atom stereocenters. The fourth-order valence-electron chi connectivity index (χ4n) is 2.91. The number of esters is 1. The number of allylic oxidation sites excluding steroid dienone is 1. The molecule has 9 nitrogen and oxygen atoms in total. The fourth-order valence-corrected chi connectivity index (χ4v) is 3.05. The Morgan fingerprint density at radius 3 is 2.43 bits per heavy atom. The van der Waals surface area contributed by atoms with Crippen LogP contribution in [0.2, 0.25) is 0 Å². The van der Waals surface area contributed by atoms with Crippen molar-refractivity contribution in [2.45, 2.75) is 45.1 Å². The minimum atomic E-state index is -3.38. The first kappa shape index (κ1) is 31.8. The Kier molecular flexibility index (Phi) is 13.5. The lowest BCUT2D eigenvalue weighted by Crippen LogP contribution is -2.21. The monoisotopic (exact) mass is 538 g/mol. The van der Waals surface area contributed by atoms with E-state index in [-0.39, 0.29) is 36.2 Å². The van der Waals surface area contributed by atoms with E-state index in [4.69, 9.17) is 15.9 Å². The highest BCUT2D eigenvalue weighted by Crippen LogP contribution is 2.30. The van der Waals surface area contributed by atoms with Gasteiger partial charge in [0.15, 0.2) is 5.78 Å². The Morgan fingerprint density at radius 2 is 1.95 bits per heavy atom. The third-order valence-electron chi connectivity index (χ3n) is 4.66. The molecule has 0 radical (unpaired) electrons. The second-order valence-electron chi connectivity index (χ2n) is 7.59. The van der Waals surface area contributed by atoms with Gasteiger partial charge in [0.05, 0.1) is 6.54 Å². The molecule has 0 fully saturated rings. The number of carbonyl (C=O) groups is 2. The number of hydrogen-bond acceptors (Lipinski definition) is 9. The molecule has 0 aliphatic heterocycles. The van der Waals surface area contributed by atoms with E-state index in [1.807, 2.05) is 6.92 Å². The van der Waals surface area contributed by atoms with E-state index in [9.17, 15) is 23.5 Å². The van der Waals surface area contributed by atoms with E-state index in [1.54, 1.807) is 6.92 Å². The van der Waals surface area contributed by atoms with Crippen LogP contribution in [0, 0.1) is 5.41 Å². The van der Waals surface area contributed by atoms with Gasteiger partial charge in [-0.25, -0.2) is 4.98 Å². The van der Waals surface area contributed by atoms with Crippen molar-refractivity contribution in [1.29, 1.82) is 5.41 Å². The lowest BCUT2D eigenvalue weighted by atomic mass is 9.98. The first-order valence-electron chi connectivity index (χ1n) is 11.4. The van der Waals surface area contributed by atoms with E-state index in [1.165, 1.54) is 51.8 Å². The van der Waals surface area contributed by atoms with Gasteiger partial charge in [0.25, 0.3) is 0 Å². The molecule has 0 saturated carbocycles. The van der Waals surface area contributed by atoms with E-state index in [2.05, 4.69) is 21.6 Å². The van der Waals surface area contributed by atoms with Gasteiger partial charge in [0.2, 0.25) is 0 Å². The molecule has 0 aliphatic carbocycles. The molecule has 1 aromatic carbocycles. The van der Waals surface area contributed by atoms with E-state index in [0.717, 1.165) is 6.42 Å². The number of ether oxygens (including phenoxy) is 2. The summed E-state index contributed by atoms with van der Waals surface area (Å²) in [6.07, 6.45) is 3.53. The summed E-state index contributed by atoms with van der Waals surface area (Å²) in [7, 11) is 1.29. The highest BCUT2D eigenvalue weighted by atomic mass is 31.0. The number of alkyl halides is 2. The number of halogens is 2. The minimum absolute atomic E-state index is 0.0269. The number of nitrogens with two attached hydrogens (primary N) is 1. The number of nitrogens with one attached hydrogen (secondary N) is 2. The molecule has 2 rings (SSSR count). The molecule has 37 heavy (non-hydrogen) atoms. The molecular formula is C25H33F2N4O5P. The third kappa shape index (κ3) is 11.6. The smallest absolute Gasteiger partial charge is 0.408 e. The first-order chi connectivity index (χ1) is 17.4. The van der Waals surface area contributed by atoms with Crippen LogP contribution in [0.4, 0.5) is 20.3 Å². The van der Waals surface area contributed by atoms with Crippen molar-refractivity contribution in [2.24, 2.45) is 5.73 Å². The standard InChI is InChI=1S/C19H23F2N4O4P.C6H10O/c1-2-14(23)17-13(15(26)10-28-16(27)9-22)7-8-24-18(17)25-11-3-5-12(6-4-11)29-19(20,21)30;1-3-5-6(7)4-2/h3-8,15,23,26H,2,9-10,22,30H2,1H3,(H,24,25);4H,2-3,5H2,1H3. The average molecular weight is 539 g/mol. The summed E-state index contributed by atoms with van der Waals surface area (Å²) in [5.41, 5.74) is 6.61. The molecule has 0 bridgehead atoms. The number of aromatic nitrogens is 1. The summed E-state index contributed by atoms with van der Waals surface area (Å²) >= 11 is 0. The number of benzene rings is 1. The molecule has 0 saturated heterocycles. The fraction of sp³-hybridized carbons (Fsp3) is 0.360. The summed E-state index contributed by atoms with van der Waals surface area (Å²) in [6, 6.07) is 7.27. The SMILES string of the molecule is C=CC(=O)CCC.CCC(=N)c1c(C(O)COC(=O)CN)ccnc1Nc1ccc(OC(F)(F)P)cc1. The molecule has 0 aliphatic rings. The second kappa shape index (κ2) is 15.8. The lowest BCUT2D eigenvalue weighted by molar-refractivity contribution is -0.145. The Balaban J connectivity index is 0.000000856. The largest absolute Gasteiger partial charge is 0.462 e. The van der Waals surface area contributed by atoms with Gasteiger partial charge in [-0.1, -0.05) is 20.4 Å². The molecule has 5 N–H and O–H groups in total. The van der Waals surface area contributed by atoms with Crippen LogP contribution in [0.5, 0.6) is 5.75 Å². The van der Waals surface area contributed by atoms with Crippen molar-refractivity contribution in [3.63, 3.8) is 0 Å². The van der Waals surface area contributed by atoms with Crippen molar-refractivity contribution >= 4 is 38.2 Å². The molecule has 0 spiro atoms. The summed E-state index contributed by atoms with van der Waals surface area (Å²) < 4.78 is 35.2. The van der Waals surface area contributed by atoms with Gasteiger partial charge in [-0.15, -0.1) is 0 Å². The number of nitrogens with zero attached hydrogens (tertiary/aromatic N) is 1. The number of aliphatic hydroxyl groups excluding tert-OH is 1. The summed E-state index contributed by atoms with van der Waals surface area (Å²) in [5.74, 6) is -3.64. The highest BCUT2D eigenvalue weighted by molar-refractivity contribution is 7.17. The quantitative estimate of drug-likeness (QED) is 0.126. The normalized spacial score (nSPS) is 11.4. The number of carbonyl (C=O) groups excluding carboxylic acids is 2. The number of hydrogen-bond donors (Lipinski definition) is 4. The Morgan fingerprint density at radius 1 is 1.30 bits per heavy atom. The number of ketones is 1. The molecule has 0 amide bonds. The zero-order valence-electron chi connectivity index (χ0n) is 20.8. The molecule has 12 heteroatoms. The van der Waals surface area contributed by atoms with Gasteiger partial charge in [0.1, 0.15) is 24.3 Å². The summed E-state index contributed by atoms with van der Waals surface area (Å²) in [6.45, 7) is 6.45. The maximum Gasteiger partial charge on any atom is 0.408 e. The maximum atomic E-state index is 12.9. The van der Waals surface area contributed by atoms with Gasteiger partial charge in [0, 0.05) is 29.6 Å². The highest BCUT2D eigenvalue weighted by Gasteiger charge is 2.23. The van der Waals surface area contributed by atoms with Crippen LogP contribution in [0.3, 0.4) is 0 Å². The van der Waals surface area contributed by atoms with Crippen LogP contribution in [0.1, 0.15) is 50.3 Å². The zero-order chi connectivity index (χ0) is 28.0. The van der Waals surface area contributed by atoms with Crippen LogP contribution in [0.25, 0.3) is 0 Å². The van der Waals surface area contributed by atoms with Gasteiger partial charge in [-0.05, 0) is 64.1 Å². The maximum absolute atomic E-state index is 12.9. The zero-order valence-corrected chi connectivity index (χ0v) is 22.0. The van der Waals surface area contributed by atoms with Crippen molar-refractivity contribution in [3.8, 4) is 5.75 Å². The van der Waals surface area contributed by atoms with E-state index in [0.29, 0.717) is 29.7 Å². The molecule has 2 unspecified atom stereocenters. The van der Waals surface area contributed by atoms with Crippen molar-refractivity contribution in [3.05, 3.63) is 60.3 Å². The van der Waals surface area contributed by atoms with Crippen LogP contribution in [0.15, 0.2) is 49.2 Å². The topological polar surface area (TPSA) is 148 Å². The van der Waals surface area contributed by atoms with Gasteiger partial charge < -0.3 is 31.0 Å². The van der Waals surface area contributed by atoms with Gasteiger partial charge in [-0.3, -0.25) is 9.59 Å². The van der Waals surface area contributed by atoms with Crippen LogP contribution >= 0.6 is 9.24 Å². The van der Waals surface area contributed by atoms with Crippen molar-refractivity contribution < 1.29 is 33.0 Å². The molecule has 2 aromatic rings. The number of anilines is 2. The predicted octanol–water partition coefficient (Wildman–Crippen LogP) is 4.48. The Labute approximate surface area is 217 Å². The van der Waals surface area contributed by atoms with Crippen LogP contribution in [-0.2, 0) is 14.3 Å². The summed E-state index contributed by atoms with van der Waals surface area (Å²) in [4.78, 5) is 25.8. The number of pyridine rings is 1. The molecular weight excluding hydrogens is 505 g/mol. The predicted molar refractivity (Wildman–Crippen MR) is 141 cm³/mol. The van der Waals surface area contributed by atoms with Crippen LogP contribution in [-0.4, -0.2) is 46.6 Å². The van der Waals surface area contributed by atoms with Crippen LogP contribution < -0.4 is 15.8 Å². The molecule has 202 valence electrons. The number of aliphatic hydroxyl groups is 1. The van der Waals surface area contributed by atoms with Crippen molar-refractivity contribution in [1.82, 2.24) is 4.98 Å². The molecule has 1 aromatic heterocycles. The molecule has 1 heterocycles. The van der Waals surface area contributed by atoms with Gasteiger partial charge >= 0.3 is 11.8 Å². The van der Waals surface area contributed by atoms with E-state index < -0.39 is 17.9 Å². The summed E-state index contributed by atoms with van der Waals surface area (Å²) in [5, 5.41) is 21.8. The number of rotatable bonds is 13. The first-order valence-corrected chi connectivity index (χ1v) is 12.0. The van der Waals surface area contributed by atoms with Gasteiger partial charge in [-0.2, -0.15) is 8.78 Å². The van der Waals surface area contributed by atoms with E-state index >= 15 is 0 Å². The Hall–Kier alpha value is -3.27. The second-order valence-corrected chi connectivity index (χ2v) is 8.26. The minimum Gasteiger partial charge on any atom is -0.462 e. The van der Waals surface area contributed by atoms with Crippen molar-refractivity contribution in [2.75, 3.05) is 18.5 Å². The lowest BCUT2D eigenvalue weighted by Gasteiger charge is -2.19.